The lowest BCUT2D eigenvalue weighted by atomic mass is 9.87. The molecule has 0 heterocycles. The van der Waals surface area contributed by atoms with E-state index >= 15 is 0 Å². The van der Waals surface area contributed by atoms with E-state index in [0.29, 0.717) is 5.02 Å². The number of carbonyl (C=O) groups is 2. The van der Waals surface area contributed by atoms with Gasteiger partial charge in [-0.2, -0.15) is 0 Å². The molecule has 2 aromatic rings. The Balaban J connectivity index is 1.64. The number of ether oxygens (including phenoxy) is 1. The molecule has 5 nitrogen and oxygen atoms in total. The highest BCUT2D eigenvalue weighted by atomic mass is 35.5. The van der Waals surface area contributed by atoms with Gasteiger partial charge in [0.2, 0.25) is 0 Å². The Morgan fingerprint density at radius 1 is 1.27 bits per heavy atom. The van der Waals surface area contributed by atoms with E-state index in [1.165, 1.54) is 23.3 Å². The Bertz CT molecular complexity index is 838. The van der Waals surface area contributed by atoms with E-state index in [2.05, 4.69) is 12.1 Å². The zero-order chi connectivity index (χ0) is 18.7. The van der Waals surface area contributed by atoms with Gasteiger partial charge in [-0.1, -0.05) is 35.9 Å². The fourth-order valence-corrected chi connectivity index (χ4v) is 3.51. The Morgan fingerprint density at radius 3 is 2.81 bits per heavy atom. The van der Waals surface area contributed by atoms with Gasteiger partial charge < -0.3 is 15.4 Å². The molecule has 3 rings (SSSR count). The van der Waals surface area contributed by atoms with Gasteiger partial charge in [0, 0.05) is 17.8 Å². The van der Waals surface area contributed by atoms with Crippen LogP contribution in [-0.2, 0) is 16.0 Å². The SMILES string of the molecule is CN(C(=O)COC(=O)c1ccc(Cl)cc1N)[C@H]1CCCc2ccccc21. The van der Waals surface area contributed by atoms with Crippen molar-refractivity contribution < 1.29 is 14.3 Å². The molecule has 26 heavy (non-hydrogen) atoms. The average molecular weight is 373 g/mol. The average Bonchev–Trinajstić information content (AvgIpc) is 2.64. The topological polar surface area (TPSA) is 72.6 Å². The predicted octanol–water partition coefficient (Wildman–Crippen LogP) is 3.62. The summed E-state index contributed by atoms with van der Waals surface area (Å²) in [4.78, 5) is 26.3. The Kier molecular flexibility index (Phi) is 5.47. The summed E-state index contributed by atoms with van der Waals surface area (Å²) < 4.78 is 5.16. The minimum Gasteiger partial charge on any atom is -0.452 e. The molecule has 6 heteroatoms. The summed E-state index contributed by atoms with van der Waals surface area (Å²) in [6, 6.07) is 12.7. The summed E-state index contributed by atoms with van der Waals surface area (Å²) in [6.07, 6.45) is 2.96. The normalized spacial score (nSPS) is 15.8. The number of hydrogen-bond donors (Lipinski definition) is 1. The predicted molar refractivity (Wildman–Crippen MR) is 101 cm³/mol. The Hall–Kier alpha value is -2.53. The molecule has 136 valence electrons. The van der Waals surface area contributed by atoms with Crippen LogP contribution in [-0.4, -0.2) is 30.4 Å². The molecule has 0 bridgehead atoms. The second-order valence-electron chi connectivity index (χ2n) is 6.42. The third kappa shape index (κ3) is 3.83. The van der Waals surface area contributed by atoms with E-state index in [0.717, 1.165) is 19.3 Å². The lowest BCUT2D eigenvalue weighted by Crippen LogP contribution is -2.36. The van der Waals surface area contributed by atoms with Gasteiger partial charge >= 0.3 is 5.97 Å². The van der Waals surface area contributed by atoms with Gasteiger partial charge in [0.1, 0.15) is 0 Å². The molecule has 0 saturated heterocycles. The first-order valence-electron chi connectivity index (χ1n) is 8.53. The van der Waals surface area contributed by atoms with Crippen molar-refractivity contribution in [2.24, 2.45) is 0 Å². The van der Waals surface area contributed by atoms with Gasteiger partial charge in [0.25, 0.3) is 5.91 Å². The number of amides is 1. The number of benzene rings is 2. The smallest absolute Gasteiger partial charge is 0.340 e. The fraction of sp³-hybridized carbons (Fsp3) is 0.300. The summed E-state index contributed by atoms with van der Waals surface area (Å²) in [6.45, 7) is -0.323. The van der Waals surface area contributed by atoms with Gasteiger partial charge in [-0.3, -0.25) is 4.79 Å². The molecule has 1 aliphatic rings. The molecule has 0 unspecified atom stereocenters. The third-order valence-corrected chi connectivity index (χ3v) is 4.99. The molecule has 2 aromatic carbocycles. The van der Waals surface area contributed by atoms with Crippen molar-refractivity contribution in [1.29, 1.82) is 0 Å². The Labute approximate surface area is 157 Å². The second kappa shape index (κ2) is 7.79. The quantitative estimate of drug-likeness (QED) is 0.657. The number of halogens is 1. The van der Waals surface area contributed by atoms with Gasteiger partial charge in [0.15, 0.2) is 6.61 Å². The van der Waals surface area contributed by atoms with Gasteiger partial charge in [-0.05, 0) is 48.6 Å². The summed E-state index contributed by atoms with van der Waals surface area (Å²) in [5.41, 5.74) is 8.65. The van der Waals surface area contributed by atoms with E-state index in [-0.39, 0.29) is 29.8 Å². The van der Waals surface area contributed by atoms with E-state index in [1.54, 1.807) is 18.0 Å². The summed E-state index contributed by atoms with van der Waals surface area (Å²) in [5.74, 6) is -0.877. The number of likely N-dealkylation sites (N-methyl/N-ethyl adjacent to an activating group) is 1. The van der Waals surface area contributed by atoms with Crippen molar-refractivity contribution in [3.63, 3.8) is 0 Å². The standard InChI is InChI=1S/C20H21ClN2O3/c1-23(18-8-4-6-13-5-2-3-7-15(13)18)19(24)12-26-20(25)16-10-9-14(21)11-17(16)22/h2-3,5,7,9-11,18H,4,6,8,12,22H2,1H3/t18-/m0/s1. The number of nitrogens with two attached hydrogens (primary N) is 1. The van der Waals surface area contributed by atoms with Crippen molar-refractivity contribution >= 4 is 29.2 Å². The minimum atomic E-state index is -0.634. The zero-order valence-electron chi connectivity index (χ0n) is 14.6. The van der Waals surface area contributed by atoms with Crippen LogP contribution in [0.4, 0.5) is 5.69 Å². The molecule has 0 aromatic heterocycles. The van der Waals surface area contributed by atoms with Crippen LogP contribution in [0.1, 0.15) is 40.4 Å². The van der Waals surface area contributed by atoms with E-state index < -0.39 is 5.97 Å². The van der Waals surface area contributed by atoms with Crippen molar-refractivity contribution in [2.75, 3.05) is 19.4 Å². The van der Waals surface area contributed by atoms with Crippen LogP contribution < -0.4 is 5.73 Å². The Morgan fingerprint density at radius 2 is 2.04 bits per heavy atom. The highest BCUT2D eigenvalue weighted by Crippen LogP contribution is 2.33. The largest absolute Gasteiger partial charge is 0.452 e. The molecule has 2 N–H and O–H groups in total. The number of nitrogen functional groups attached to an aromatic ring is 1. The van der Waals surface area contributed by atoms with Crippen LogP contribution >= 0.6 is 11.6 Å². The third-order valence-electron chi connectivity index (χ3n) is 4.76. The van der Waals surface area contributed by atoms with Gasteiger partial charge in [-0.25, -0.2) is 4.79 Å². The van der Waals surface area contributed by atoms with E-state index in [9.17, 15) is 9.59 Å². The molecule has 1 aliphatic carbocycles. The first-order chi connectivity index (χ1) is 12.5. The lowest BCUT2D eigenvalue weighted by molar-refractivity contribution is -0.135. The monoisotopic (exact) mass is 372 g/mol. The van der Waals surface area contributed by atoms with Crippen LogP contribution in [0.3, 0.4) is 0 Å². The summed E-state index contributed by atoms with van der Waals surface area (Å²) >= 11 is 5.83. The van der Waals surface area contributed by atoms with E-state index in [1.807, 2.05) is 12.1 Å². The number of aryl methyl sites for hydroxylation is 1. The molecule has 0 fully saturated rings. The summed E-state index contributed by atoms with van der Waals surface area (Å²) in [5, 5.41) is 0.436. The molecular weight excluding hydrogens is 352 g/mol. The molecule has 0 aliphatic heterocycles. The first kappa shape index (κ1) is 18.3. The number of hydrogen-bond acceptors (Lipinski definition) is 4. The van der Waals surface area contributed by atoms with Crippen LogP contribution in [0.15, 0.2) is 42.5 Å². The highest BCUT2D eigenvalue weighted by Gasteiger charge is 2.27. The highest BCUT2D eigenvalue weighted by molar-refractivity contribution is 6.31. The van der Waals surface area contributed by atoms with Crippen molar-refractivity contribution in [3.05, 3.63) is 64.2 Å². The molecule has 0 spiro atoms. The van der Waals surface area contributed by atoms with E-state index in [4.69, 9.17) is 22.1 Å². The number of fused-ring (bicyclic) bond motifs is 1. The number of carbonyl (C=O) groups excluding carboxylic acids is 2. The molecule has 1 amide bonds. The van der Waals surface area contributed by atoms with Crippen molar-refractivity contribution in [2.45, 2.75) is 25.3 Å². The van der Waals surface area contributed by atoms with Crippen LogP contribution in [0.5, 0.6) is 0 Å². The van der Waals surface area contributed by atoms with Crippen LogP contribution in [0, 0.1) is 0 Å². The van der Waals surface area contributed by atoms with Crippen LogP contribution in [0.25, 0.3) is 0 Å². The zero-order valence-corrected chi connectivity index (χ0v) is 15.3. The minimum absolute atomic E-state index is 0.00625. The maximum Gasteiger partial charge on any atom is 0.340 e. The maximum atomic E-state index is 12.5. The number of anilines is 1. The lowest BCUT2D eigenvalue weighted by Gasteiger charge is -2.33. The van der Waals surface area contributed by atoms with Gasteiger partial charge in [0.05, 0.1) is 11.6 Å². The van der Waals surface area contributed by atoms with Crippen LogP contribution in [0.2, 0.25) is 5.02 Å². The first-order valence-corrected chi connectivity index (χ1v) is 8.91. The fourth-order valence-electron chi connectivity index (χ4n) is 3.33. The van der Waals surface area contributed by atoms with Gasteiger partial charge in [-0.15, -0.1) is 0 Å². The number of nitrogens with zero attached hydrogens (tertiary/aromatic N) is 1. The van der Waals surface area contributed by atoms with Crippen molar-refractivity contribution in [1.82, 2.24) is 4.90 Å². The number of esters is 1. The molecule has 0 saturated carbocycles. The van der Waals surface area contributed by atoms with Crippen molar-refractivity contribution in [3.8, 4) is 0 Å². The number of rotatable bonds is 4. The molecule has 1 atom stereocenters. The maximum absolute atomic E-state index is 12.5. The molecule has 0 radical (unpaired) electrons. The second-order valence-corrected chi connectivity index (χ2v) is 6.86. The summed E-state index contributed by atoms with van der Waals surface area (Å²) in [7, 11) is 1.75. The molecular formula is C20H21ClN2O3.